The van der Waals surface area contributed by atoms with Gasteiger partial charge < -0.3 is 15.2 Å². The molecule has 12 nitrogen and oxygen atoms in total. The highest BCUT2D eigenvalue weighted by Gasteiger charge is 2.26. The van der Waals surface area contributed by atoms with Gasteiger partial charge in [-0.15, -0.1) is 5.10 Å². The van der Waals surface area contributed by atoms with Gasteiger partial charge in [-0.2, -0.15) is 9.78 Å². The lowest BCUT2D eigenvalue weighted by Gasteiger charge is -2.14. The third kappa shape index (κ3) is 5.83. The zero-order valence-corrected chi connectivity index (χ0v) is 22.8. The van der Waals surface area contributed by atoms with Crippen LogP contribution in [0.15, 0.2) is 87.0 Å². The van der Waals surface area contributed by atoms with Crippen LogP contribution in [0.1, 0.15) is 28.5 Å². The molecule has 0 aliphatic rings. The quantitative estimate of drug-likeness (QED) is 0.175. The van der Waals surface area contributed by atoms with E-state index in [0.29, 0.717) is 46.0 Å². The summed E-state index contributed by atoms with van der Waals surface area (Å²) in [5.41, 5.74) is 11.1. The van der Waals surface area contributed by atoms with Crippen molar-refractivity contribution in [2.75, 3.05) is 12.3 Å². The first kappa shape index (κ1) is 26.6. The maximum Gasteiger partial charge on any atom is 0.292 e. The molecule has 0 atom stereocenters. The lowest BCUT2D eigenvalue weighted by Crippen LogP contribution is -2.22. The second kappa shape index (κ2) is 12.2. The Labute approximate surface area is 236 Å². The van der Waals surface area contributed by atoms with Crippen molar-refractivity contribution in [3.63, 3.8) is 0 Å². The molecule has 3 aromatic carbocycles. The SMILES string of the molecule is CCOc1cc(/C=N/NC(=O)c2c(-c3ccccc3)nnn2-c2nonc2N)cc(Br)c1OCc1ccccc1. The molecule has 0 fully saturated rings. The number of carbonyl (C=O) groups excluding carboxylic acids is 1. The molecule has 5 rings (SSSR count). The number of nitrogens with two attached hydrogens (primary N) is 1. The van der Waals surface area contributed by atoms with Crippen molar-refractivity contribution in [3.05, 3.63) is 94.1 Å². The Morgan fingerprint density at radius 3 is 2.55 bits per heavy atom. The highest BCUT2D eigenvalue weighted by molar-refractivity contribution is 9.10. The van der Waals surface area contributed by atoms with Gasteiger partial charge in [0.25, 0.3) is 5.91 Å². The Bertz CT molecular complexity index is 1640. The van der Waals surface area contributed by atoms with Crippen molar-refractivity contribution >= 4 is 33.9 Å². The van der Waals surface area contributed by atoms with Gasteiger partial charge in [-0.1, -0.05) is 65.9 Å². The number of rotatable bonds is 10. The van der Waals surface area contributed by atoms with Crippen LogP contribution in [0.2, 0.25) is 0 Å². The zero-order chi connectivity index (χ0) is 27.9. The number of hydrogen-bond donors (Lipinski definition) is 2. The number of nitrogen functional groups attached to an aromatic ring is 1. The van der Waals surface area contributed by atoms with Crippen molar-refractivity contribution in [1.29, 1.82) is 0 Å². The van der Waals surface area contributed by atoms with Gasteiger partial charge in [-0.25, -0.2) is 10.1 Å². The van der Waals surface area contributed by atoms with Crippen LogP contribution in [-0.2, 0) is 6.61 Å². The standard InChI is InChI=1S/C27H23BrN8O4/c1-2-38-21-14-18(13-20(28)24(21)39-16-17-9-5-3-6-10-17)15-30-32-27(37)23-22(19-11-7-4-8-12-19)31-35-36(23)26-25(29)33-40-34-26/h3-15H,2,16H2,1H3,(H2,29,33)(H,32,37)/b30-15+. The number of amides is 1. The molecule has 202 valence electrons. The second-order valence-corrected chi connectivity index (χ2v) is 9.13. The van der Waals surface area contributed by atoms with Crippen LogP contribution in [-0.4, -0.2) is 44.0 Å². The summed E-state index contributed by atoms with van der Waals surface area (Å²) in [5, 5.41) is 19.7. The number of hydrogen-bond acceptors (Lipinski definition) is 10. The first-order valence-electron chi connectivity index (χ1n) is 12.1. The second-order valence-electron chi connectivity index (χ2n) is 8.27. The highest BCUT2D eigenvalue weighted by atomic mass is 79.9. The Balaban J connectivity index is 1.39. The number of anilines is 1. The lowest BCUT2D eigenvalue weighted by molar-refractivity contribution is 0.0947. The summed E-state index contributed by atoms with van der Waals surface area (Å²) in [4.78, 5) is 13.3. The molecule has 0 saturated carbocycles. The minimum Gasteiger partial charge on any atom is -0.490 e. The van der Waals surface area contributed by atoms with E-state index >= 15 is 0 Å². The van der Waals surface area contributed by atoms with Crippen LogP contribution in [0, 0.1) is 0 Å². The van der Waals surface area contributed by atoms with Gasteiger partial charge in [0.1, 0.15) is 12.3 Å². The molecule has 5 aromatic rings. The maximum absolute atomic E-state index is 13.3. The molecule has 0 unspecified atom stereocenters. The van der Waals surface area contributed by atoms with Crippen molar-refractivity contribution in [2.45, 2.75) is 13.5 Å². The fraction of sp³-hybridized carbons (Fsp3) is 0.111. The van der Waals surface area contributed by atoms with Crippen LogP contribution >= 0.6 is 15.9 Å². The first-order valence-corrected chi connectivity index (χ1v) is 12.9. The average molecular weight is 603 g/mol. The zero-order valence-electron chi connectivity index (χ0n) is 21.2. The predicted molar refractivity (Wildman–Crippen MR) is 150 cm³/mol. The van der Waals surface area contributed by atoms with E-state index in [0.717, 1.165) is 10.2 Å². The minimum absolute atomic E-state index is 0.0280. The van der Waals surface area contributed by atoms with Gasteiger partial charge in [0.15, 0.2) is 17.2 Å². The molecule has 13 heteroatoms. The van der Waals surface area contributed by atoms with E-state index in [2.05, 4.69) is 51.7 Å². The summed E-state index contributed by atoms with van der Waals surface area (Å²) >= 11 is 3.56. The molecular formula is C27H23BrN8O4. The summed E-state index contributed by atoms with van der Waals surface area (Å²) in [6.45, 7) is 2.69. The molecule has 0 radical (unpaired) electrons. The molecule has 0 aliphatic carbocycles. The van der Waals surface area contributed by atoms with E-state index < -0.39 is 5.91 Å². The summed E-state index contributed by atoms with van der Waals surface area (Å²) < 4.78 is 18.4. The topological polar surface area (TPSA) is 156 Å². The normalized spacial score (nSPS) is 11.1. The number of nitrogens with one attached hydrogen (secondary N) is 1. The van der Waals surface area contributed by atoms with Crippen LogP contribution < -0.4 is 20.6 Å². The number of carbonyl (C=O) groups is 1. The number of ether oxygens (including phenoxy) is 2. The molecule has 3 N–H and O–H groups in total. The van der Waals surface area contributed by atoms with Crippen LogP contribution in [0.5, 0.6) is 11.5 Å². The fourth-order valence-corrected chi connectivity index (χ4v) is 4.35. The van der Waals surface area contributed by atoms with Gasteiger partial charge in [-0.05, 0) is 56.4 Å². The van der Waals surface area contributed by atoms with Crippen molar-refractivity contribution in [2.24, 2.45) is 5.10 Å². The van der Waals surface area contributed by atoms with Crippen LogP contribution in [0.4, 0.5) is 5.82 Å². The Kier molecular flexibility index (Phi) is 8.11. The summed E-state index contributed by atoms with van der Waals surface area (Å²) in [5.74, 6) is 0.468. The maximum atomic E-state index is 13.3. The molecular weight excluding hydrogens is 580 g/mol. The fourth-order valence-electron chi connectivity index (χ4n) is 3.78. The number of hydrazone groups is 1. The van der Waals surface area contributed by atoms with Crippen molar-refractivity contribution in [3.8, 4) is 28.6 Å². The van der Waals surface area contributed by atoms with Crippen LogP contribution in [0.3, 0.4) is 0 Å². The van der Waals surface area contributed by atoms with E-state index in [1.807, 2.05) is 61.5 Å². The van der Waals surface area contributed by atoms with E-state index in [4.69, 9.17) is 15.2 Å². The number of aromatic nitrogens is 5. The molecule has 2 heterocycles. The monoisotopic (exact) mass is 602 g/mol. The molecule has 1 amide bonds. The lowest BCUT2D eigenvalue weighted by atomic mass is 10.1. The predicted octanol–water partition coefficient (Wildman–Crippen LogP) is 4.40. The van der Waals surface area contributed by atoms with Gasteiger partial charge in [0.2, 0.25) is 11.6 Å². The van der Waals surface area contributed by atoms with E-state index in [-0.39, 0.29) is 17.3 Å². The van der Waals surface area contributed by atoms with Gasteiger partial charge >= 0.3 is 0 Å². The molecule has 0 aliphatic heterocycles. The summed E-state index contributed by atoms with van der Waals surface area (Å²) in [7, 11) is 0. The molecule has 0 bridgehead atoms. The van der Waals surface area contributed by atoms with Crippen molar-refractivity contribution in [1.82, 2.24) is 30.7 Å². The largest absolute Gasteiger partial charge is 0.490 e. The van der Waals surface area contributed by atoms with Crippen molar-refractivity contribution < 1.29 is 18.9 Å². The molecule has 2 aromatic heterocycles. The average Bonchev–Trinajstić information content (AvgIpc) is 3.60. The Morgan fingerprint density at radius 2 is 1.85 bits per heavy atom. The molecule has 0 saturated heterocycles. The third-order valence-electron chi connectivity index (χ3n) is 5.57. The van der Waals surface area contributed by atoms with Gasteiger partial charge in [0.05, 0.1) is 17.3 Å². The highest BCUT2D eigenvalue weighted by Crippen LogP contribution is 2.37. The van der Waals surface area contributed by atoms with Crippen LogP contribution in [0.25, 0.3) is 17.1 Å². The number of benzene rings is 3. The van der Waals surface area contributed by atoms with Gasteiger partial charge in [-0.3, -0.25) is 4.79 Å². The van der Waals surface area contributed by atoms with E-state index in [1.54, 1.807) is 18.2 Å². The van der Waals surface area contributed by atoms with E-state index in [1.165, 1.54) is 6.21 Å². The number of nitrogens with zero attached hydrogens (tertiary/aromatic N) is 6. The molecule has 0 spiro atoms. The Hall–Kier alpha value is -5.04. The third-order valence-corrected chi connectivity index (χ3v) is 6.16. The Morgan fingerprint density at radius 1 is 1.10 bits per heavy atom. The number of halogens is 1. The summed E-state index contributed by atoms with van der Waals surface area (Å²) in [6.07, 6.45) is 1.48. The minimum atomic E-state index is -0.602. The first-order chi connectivity index (χ1) is 19.5. The summed E-state index contributed by atoms with van der Waals surface area (Å²) in [6, 6.07) is 22.5. The molecule has 40 heavy (non-hydrogen) atoms. The van der Waals surface area contributed by atoms with Gasteiger partial charge in [0, 0.05) is 5.56 Å². The smallest absolute Gasteiger partial charge is 0.292 e. The van der Waals surface area contributed by atoms with E-state index in [9.17, 15) is 4.79 Å².